The van der Waals surface area contributed by atoms with Gasteiger partial charge in [0.15, 0.2) is 9.84 Å². The standard InChI is InChI=1S/C14H22O3S/c1-6-9-18(15,16)13-10-11(14(2,3)4)7-8-12(13)17-5/h7-8,10H,6,9H2,1-5H3. The highest BCUT2D eigenvalue weighted by molar-refractivity contribution is 7.91. The Morgan fingerprint density at radius 2 is 1.83 bits per heavy atom. The minimum Gasteiger partial charge on any atom is -0.495 e. The number of benzene rings is 1. The molecule has 0 amide bonds. The molecule has 0 bridgehead atoms. The molecule has 1 aromatic carbocycles. The van der Waals surface area contributed by atoms with Crippen LogP contribution in [0.3, 0.4) is 0 Å². The minimum atomic E-state index is -3.26. The topological polar surface area (TPSA) is 43.4 Å². The van der Waals surface area contributed by atoms with Gasteiger partial charge in [-0.25, -0.2) is 8.42 Å². The Hall–Kier alpha value is -1.03. The minimum absolute atomic E-state index is 0.0806. The number of ether oxygens (including phenoxy) is 1. The summed E-state index contributed by atoms with van der Waals surface area (Å²) in [6.45, 7) is 8.04. The maximum atomic E-state index is 12.2. The molecule has 0 saturated carbocycles. The van der Waals surface area contributed by atoms with Crippen molar-refractivity contribution >= 4 is 9.84 Å². The van der Waals surface area contributed by atoms with Crippen LogP contribution in [-0.2, 0) is 15.3 Å². The van der Waals surface area contributed by atoms with Crippen molar-refractivity contribution in [3.05, 3.63) is 23.8 Å². The van der Waals surface area contributed by atoms with Crippen molar-refractivity contribution in [3.8, 4) is 5.75 Å². The van der Waals surface area contributed by atoms with E-state index in [9.17, 15) is 8.42 Å². The zero-order valence-electron chi connectivity index (χ0n) is 11.8. The molecule has 0 N–H and O–H groups in total. The van der Waals surface area contributed by atoms with Gasteiger partial charge in [0.05, 0.1) is 12.9 Å². The number of methoxy groups -OCH3 is 1. The van der Waals surface area contributed by atoms with E-state index in [2.05, 4.69) is 20.8 Å². The zero-order valence-corrected chi connectivity index (χ0v) is 12.6. The second-order valence-corrected chi connectivity index (χ2v) is 7.51. The third-order valence-corrected chi connectivity index (χ3v) is 4.77. The molecule has 18 heavy (non-hydrogen) atoms. The predicted molar refractivity (Wildman–Crippen MR) is 74.0 cm³/mol. The van der Waals surface area contributed by atoms with Crippen molar-refractivity contribution in [1.82, 2.24) is 0 Å². The van der Waals surface area contributed by atoms with Crippen molar-refractivity contribution < 1.29 is 13.2 Å². The summed E-state index contributed by atoms with van der Waals surface area (Å²) in [6, 6.07) is 5.40. The summed E-state index contributed by atoms with van der Waals surface area (Å²) in [5.41, 5.74) is 0.918. The van der Waals surface area contributed by atoms with Gasteiger partial charge in [-0.3, -0.25) is 0 Å². The van der Waals surface area contributed by atoms with Crippen molar-refractivity contribution in [3.63, 3.8) is 0 Å². The lowest BCUT2D eigenvalue weighted by molar-refractivity contribution is 0.401. The van der Waals surface area contributed by atoms with Gasteiger partial charge < -0.3 is 4.74 Å². The Morgan fingerprint density at radius 3 is 2.28 bits per heavy atom. The lowest BCUT2D eigenvalue weighted by atomic mass is 9.87. The number of hydrogen-bond acceptors (Lipinski definition) is 3. The molecule has 0 fully saturated rings. The van der Waals surface area contributed by atoms with Crippen LogP contribution in [0, 0.1) is 0 Å². The summed E-state index contributed by atoms with van der Waals surface area (Å²) in [7, 11) is -1.76. The van der Waals surface area contributed by atoms with E-state index >= 15 is 0 Å². The van der Waals surface area contributed by atoms with Gasteiger partial charge in [0.2, 0.25) is 0 Å². The van der Waals surface area contributed by atoms with Crippen LogP contribution in [0.15, 0.2) is 23.1 Å². The van der Waals surface area contributed by atoms with Crippen molar-refractivity contribution in [2.45, 2.75) is 44.4 Å². The summed E-state index contributed by atoms with van der Waals surface area (Å²) >= 11 is 0. The van der Waals surface area contributed by atoms with Crippen LogP contribution in [0.1, 0.15) is 39.7 Å². The van der Waals surface area contributed by atoms with Gasteiger partial charge in [0.25, 0.3) is 0 Å². The van der Waals surface area contributed by atoms with E-state index in [1.165, 1.54) is 7.11 Å². The van der Waals surface area contributed by atoms with Gasteiger partial charge in [-0.15, -0.1) is 0 Å². The molecule has 0 unspecified atom stereocenters. The van der Waals surface area contributed by atoms with Gasteiger partial charge in [0, 0.05) is 0 Å². The lowest BCUT2D eigenvalue weighted by Crippen LogP contribution is -2.14. The Balaban J connectivity index is 3.41. The van der Waals surface area contributed by atoms with Gasteiger partial charge in [-0.2, -0.15) is 0 Å². The van der Waals surface area contributed by atoms with Crippen LogP contribution in [0.2, 0.25) is 0 Å². The first kappa shape index (κ1) is 15.0. The zero-order chi connectivity index (χ0) is 14.0. The van der Waals surface area contributed by atoms with Crippen LogP contribution in [0.25, 0.3) is 0 Å². The first-order valence-electron chi connectivity index (χ1n) is 6.13. The molecule has 1 rings (SSSR count). The lowest BCUT2D eigenvalue weighted by Gasteiger charge is -2.21. The molecule has 0 heterocycles. The predicted octanol–water partition coefficient (Wildman–Crippen LogP) is 3.18. The molecule has 3 nitrogen and oxygen atoms in total. The monoisotopic (exact) mass is 270 g/mol. The maximum absolute atomic E-state index is 12.2. The first-order valence-corrected chi connectivity index (χ1v) is 7.79. The van der Waals surface area contributed by atoms with Gasteiger partial charge in [-0.05, 0) is 29.5 Å². The molecule has 0 aliphatic carbocycles. The smallest absolute Gasteiger partial charge is 0.182 e. The molecular weight excluding hydrogens is 248 g/mol. The van der Waals surface area contributed by atoms with E-state index in [0.717, 1.165) is 5.56 Å². The molecule has 1 aromatic rings. The van der Waals surface area contributed by atoms with Gasteiger partial charge in [-0.1, -0.05) is 33.8 Å². The van der Waals surface area contributed by atoms with E-state index in [-0.39, 0.29) is 11.2 Å². The average molecular weight is 270 g/mol. The quantitative estimate of drug-likeness (QED) is 0.844. The molecule has 0 aliphatic rings. The second kappa shape index (κ2) is 5.31. The molecular formula is C14H22O3S. The van der Waals surface area contributed by atoms with E-state index in [4.69, 9.17) is 4.74 Å². The maximum Gasteiger partial charge on any atom is 0.182 e. The summed E-state index contributed by atoms with van der Waals surface area (Å²) in [6.07, 6.45) is 0.602. The first-order chi connectivity index (χ1) is 8.22. The van der Waals surface area contributed by atoms with Crippen LogP contribution in [-0.4, -0.2) is 21.3 Å². The Kier molecular flexibility index (Phi) is 4.43. The highest BCUT2D eigenvalue weighted by atomic mass is 32.2. The third-order valence-electron chi connectivity index (χ3n) is 2.84. The van der Waals surface area contributed by atoms with Crippen molar-refractivity contribution in [1.29, 1.82) is 0 Å². The van der Waals surface area contributed by atoms with Crippen molar-refractivity contribution in [2.75, 3.05) is 12.9 Å². The highest BCUT2D eigenvalue weighted by Gasteiger charge is 2.22. The molecule has 0 saturated heterocycles. The molecule has 0 aromatic heterocycles. The normalized spacial score (nSPS) is 12.5. The SMILES string of the molecule is CCCS(=O)(=O)c1cc(C(C)(C)C)ccc1OC. The van der Waals surface area contributed by atoms with Crippen molar-refractivity contribution in [2.24, 2.45) is 0 Å². The fourth-order valence-electron chi connectivity index (χ4n) is 1.76. The third kappa shape index (κ3) is 3.25. The molecule has 0 spiro atoms. The van der Waals surface area contributed by atoms with E-state index in [1.807, 2.05) is 13.0 Å². The number of sulfone groups is 1. The Labute approximate surface area is 110 Å². The summed E-state index contributed by atoms with van der Waals surface area (Å²) < 4.78 is 29.6. The fraction of sp³-hybridized carbons (Fsp3) is 0.571. The molecule has 102 valence electrons. The van der Waals surface area contributed by atoms with Crippen LogP contribution >= 0.6 is 0 Å². The van der Waals surface area contributed by atoms with E-state index < -0.39 is 9.84 Å². The second-order valence-electron chi connectivity index (χ2n) is 5.43. The number of hydrogen-bond donors (Lipinski definition) is 0. The van der Waals surface area contributed by atoms with Gasteiger partial charge in [0.1, 0.15) is 10.6 Å². The average Bonchev–Trinajstić information content (AvgIpc) is 2.27. The summed E-state index contributed by atoms with van der Waals surface area (Å²) in [4.78, 5) is 0.305. The number of rotatable bonds is 4. The highest BCUT2D eigenvalue weighted by Crippen LogP contribution is 2.31. The van der Waals surface area contributed by atoms with Gasteiger partial charge >= 0.3 is 0 Å². The molecule has 0 atom stereocenters. The van der Waals surface area contributed by atoms with Crippen LogP contribution < -0.4 is 4.74 Å². The Bertz CT molecular complexity index is 510. The van der Waals surface area contributed by atoms with E-state index in [0.29, 0.717) is 17.1 Å². The van der Waals surface area contributed by atoms with Crippen LogP contribution in [0.4, 0.5) is 0 Å². The molecule has 0 aliphatic heterocycles. The molecule has 4 heteroatoms. The van der Waals surface area contributed by atoms with Crippen LogP contribution in [0.5, 0.6) is 5.75 Å². The fourth-order valence-corrected chi connectivity index (χ4v) is 3.29. The molecule has 0 radical (unpaired) electrons. The summed E-state index contributed by atoms with van der Waals surface area (Å²) in [5.74, 6) is 0.577. The van der Waals surface area contributed by atoms with E-state index in [1.54, 1.807) is 12.1 Å². The summed E-state index contributed by atoms with van der Waals surface area (Å²) in [5, 5.41) is 0. The largest absolute Gasteiger partial charge is 0.495 e. The Morgan fingerprint density at radius 1 is 1.22 bits per heavy atom.